The quantitative estimate of drug-likeness (QED) is 0.00262. The second-order valence-electron chi connectivity index (χ2n) is 20.0. The maximum atomic E-state index is 12.7. The number of ketones is 2. The van der Waals surface area contributed by atoms with Gasteiger partial charge < -0.3 is 81.7 Å². The van der Waals surface area contributed by atoms with Gasteiger partial charge in [-0.25, -0.2) is 32.5 Å². The summed E-state index contributed by atoms with van der Waals surface area (Å²) in [6.45, 7) is 0. The van der Waals surface area contributed by atoms with Gasteiger partial charge >= 0.3 is 81.2 Å². The predicted octanol–water partition coefficient (Wildman–Crippen LogP) is -5.24. The fourth-order valence-corrected chi connectivity index (χ4v) is 15.2. The molecule has 0 saturated carbocycles. The number of oxime groups is 3. The number of aromatic nitrogens is 3. The van der Waals surface area contributed by atoms with E-state index in [4.69, 9.17) is 38.1 Å². The number of amides is 6. The fourth-order valence-electron chi connectivity index (χ4n) is 8.28. The van der Waals surface area contributed by atoms with Crippen molar-refractivity contribution in [2.75, 3.05) is 113 Å². The van der Waals surface area contributed by atoms with Gasteiger partial charge in [0, 0.05) is 72.0 Å². The number of methoxy groups -OCH3 is 4. The van der Waals surface area contributed by atoms with Crippen LogP contribution in [0.4, 0.5) is 15.4 Å². The molecule has 8 atom stereocenters. The summed E-state index contributed by atoms with van der Waals surface area (Å²) >= 11 is 8.14. The summed E-state index contributed by atoms with van der Waals surface area (Å²) < 4.78 is 52.3. The van der Waals surface area contributed by atoms with Crippen molar-refractivity contribution in [3.63, 3.8) is 0 Å². The normalized spacial score (nSPS) is 20.1. The Balaban J connectivity index is 0.000000343. The molecule has 51 heteroatoms. The summed E-state index contributed by atoms with van der Waals surface area (Å²) in [4.78, 5) is 183. The Kier molecular flexibility index (Phi) is 39.3. The molecule has 11 N–H and O–H groups in total. The zero-order chi connectivity index (χ0) is 76.0. The summed E-state index contributed by atoms with van der Waals surface area (Å²) in [6.07, 6.45) is 3.68. The van der Waals surface area contributed by atoms with Crippen LogP contribution >= 0.6 is 81.1 Å². The van der Waals surface area contributed by atoms with Crippen LogP contribution in [0.3, 0.4) is 0 Å². The van der Waals surface area contributed by atoms with Gasteiger partial charge in [0.1, 0.15) is 33.4 Å². The van der Waals surface area contributed by atoms with Crippen molar-refractivity contribution in [3.8, 4) is 0 Å². The monoisotopic (exact) mass is 1620 g/mol. The van der Waals surface area contributed by atoms with Crippen LogP contribution in [0.25, 0.3) is 10.4 Å². The molecule has 0 unspecified atom stereocenters. The zero-order valence-electron chi connectivity index (χ0n) is 55.6. The number of azide groups is 1. The number of esters is 4. The Morgan fingerprint density at radius 2 is 0.971 bits per heavy atom. The first-order valence-electron chi connectivity index (χ1n) is 28.6. The van der Waals surface area contributed by atoms with E-state index in [2.05, 4.69) is 85.0 Å². The van der Waals surface area contributed by atoms with Crippen LogP contribution < -0.4 is 90.3 Å². The molecule has 6 amide bonds. The number of imide groups is 1. The van der Waals surface area contributed by atoms with Gasteiger partial charge in [0.25, 0.3) is 11.8 Å². The standard InChI is InChI=1S/C14H18N4O8S3.C14H18N4O5S2.C10H10N4O5S.C7H10N4O3S.C7H12N2O3S.K/c1-25-11(20)6-27-5-8-7(13(21)18(8)29(22,23)24)3-9(19)12(17-26-2)10-4-16-14(15)28-10;1-22-11(20)6-24-5-8-7(13(21)17-8)3-9(19)12(18-23-2)10-4-16-14(15)25-10;1-18-13-8(5-4-12-10(11)20-5)9(17)19-14-6(15)2-3-7(14)16;1-14-5(12)3-15-2-4-6(10-11-8)7(13)9-4;1-12-5(10)3-13-2-4-6(8)7(11)9-4;/h4,7-8H,3,5-6H2,1-2H3,(H2,15,16)(H,22,23,24);4,7-8H,3,5-6H2,1-2H3,(H2,15,16)(H,17,21);4H,2-3H2,1H3,(H2,11,12);4,6H,2-3H2,1H3,(H,9,13);4,6H,2-3,8H2,1H3,(H,9,11);/q;;;;;+1/p-1/b17-12+;18-12+;13-8-;;;/t2*7-,8-;;2*4-,6-;/m00.00./s1. The van der Waals surface area contributed by atoms with E-state index < -0.39 is 82.1 Å². The molecule has 0 aromatic carbocycles. The number of hydroxylamine groups is 2. The SMILES string of the molecule is CO/N=C(\C(=O)C[C@@H]1C(=O)N(S(=O)(=O)[O-])[C@H]1CSCC(=O)OC)c1cnc(N)s1.CO/N=C(\C(=O)C[C@@H]1C(=O)N[C@H]1CSCC(=O)OC)c1cnc(N)s1.CO/N=C(\C(=O)ON1C(=O)CCC1=O)c1cnc(N)s1.COC(=O)CSC[C@@H]1NC(=O)[C@H]1N.COC(=O)CSC[C@@H]1NC(=O)[C@H]1N=[N+]=[N-].[K+]. The maximum absolute atomic E-state index is 12.7. The average Bonchev–Trinajstić information content (AvgIpc) is 1.15. The van der Waals surface area contributed by atoms with Gasteiger partial charge in [0.2, 0.25) is 29.3 Å². The summed E-state index contributed by atoms with van der Waals surface area (Å²) in [5, 5.41) is 23.4. The molecule has 8 rings (SSSR count). The van der Waals surface area contributed by atoms with Crippen LogP contribution in [0.1, 0.15) is 40.3 Å². The van der Waals surface area contributed by atoms with Gasteiger partial charge in [-0.2, -0.15) is 0 Å². The number of nitrogen functional groups attached to an aromatic ring is 3. The van der Waals surface area contributed by atoms with Crippen molar-refractivity contribution < 1.29 is 165 Å². The van der Waals surface area contributed by atoms with Gasteiger partial charge in [-0.3, -0.25) is 57.5 Å². The number of thiazole rings is 3. The van der Waals surface area contributed by atoms with Crippen molar-refractivity contribution in [1.29, 1.82) is 0 Å². The first kappa shape index (κ1) is 89.8. The van der Waals surface area contributed by atoms with E-state index >= 15 is 0 Å². The molecule has 558 valence electrons. The van der Waals surface area contributed by atoms with Crippen molar-refractivity contribution in [2.24, 2.45) is 38.2 Å². The van der Waals surface area contributed by atoms with Gasteiger partial charge in [0.15, 0.2) is 48.7 Å². The summed E-state index contributed by atoms with van der Waals surface area (Å²) in [6, 6.07) is -2.48. The number of ether oxygens (including phenoxy) is 4. The predicted molar refractivity (Wildman–Crippen MR) is 368 cm³/mol. The zero-order valence-corrected chi connectivity index (χ0v) is 65.3. The molecular weight excluding hydrogens is 1560 g/mol. The number of β-lactam (4-membered cyclic amide) rings is 4. The molecule has 42 nitrogen and oxygen atoms in total. The minimum absolute atomic E-state index is 0. The Labute approximate surface area is 656 Å². The van der Waals surface area contributed by atoms with Gasteiger partial charge in [-0.05, 0) is 5.53 Å². The minimum atomic E-state index is -5.06. The van der Waals surface area contributed by atoms with E-state index in [0.29, 0.717) is 47.8 Å². The van der Waals surface area contributed by atoms with Crippen molar-refractivity contribution >= 4 is 201 Å². The molecule has 103 heavy (non-hydrogen) atoms. The third-order valence-electron chi connectivity index (χ3n) is 13.4. The Hall–Kier alpha value is -7.37. The second-order valence-corrected chi connectivity index (χ2v) is 28.6. The molecule has 8 heterocycles. The van der Waals surface area contributed by atoms with Crippen LogP contribution in [-0.2, 0) is 111 Å². The first-order chi connectivity index (χ1) is 48.4. The second kappa shape index (κ2) is 45.1. The molecular formula is C52H67KN18O24S8. The van der Waals surface area contributed by atoms with Crippen LogP contribution in [0.15, 0.2) is 39.2 Å². The van der Waals surface area contributed by atoms with Crippen LogP contribution in [-0.4, -0.2) is 263 Å². The Morgan fingerprint density at radius 1 is 0.592 bits per heavy atom. The maximum Gasteiger partial charge on any atom is 1.00 e. The van der Waals surface area contributed by atoms with Gasteiger partial charge in [-0.15, -0.1) is 52.1 Å². The van der Waals surface area contributed by atoms with Crippen molar-refractivity contribution in [1.82, 2.24) is 40.3 Å². The molecule has 3 aromatic rings. The summed E-state index contributed by atoms with van der Waals surface area (Å²) in [7, 11) is 3.91. The average molecular weight is 1620 g/mol. The molecule has 0 spiro atoms. The van der Waals surface area contributed by atoms with Gasteiger partial charge in [-0.1, -0.05) is 54.6 Å². The van der Waals surface area contributed by atoms with Crippen LogP contribution in [0.5, 0.6) is 0 Å². The minimum Gasteiger partial charge on any atom is -0.731 e. The third kappa shape index (κ3) is 27.9. The largest absolute Gasteiger partial charge is 1.00 e. The fraction of sp³-hybridized carbons (Fsp3) is 0.519. The van der Waals surface area contributed by atoms with Crippen LogP contribution in [0.2, 0.25) is 0 Å². The number of nitrogens with one attached hydrogen (secondary N) is 3. The molecule has 0 aliphatic carbocycles. The molecule has 5 saturated heterocycles. The smallest absolute Gasteiger partial charge is 0.731 e. The number of hydrogen-bond acceptors (Lipinski definition) is 42. The summed E-state index contributed by atoms with van der Waals surface area (Å²) in [5.74, 6) is -5.39. The first-order valence-corrected chi connectivity index (χ1v) is 37.1. The number of rotatable bonds is 32. The van der Waals surface area contributed by atoms with E-state index in [-0.39, 0.29) is 185 Å². The topological polar surface area (TPSA) is 624 Å². The summed E-state index contributed by atoms with van der Waals surface area (Å²) in [5.41, 5.74) is 30.0. The van der Waals surface area contributed by atoms with Gasteiger partial charge in [0.05, 0.1) is 102 Å². The molecule has 0 radical (unpaired) electrons. The Morgan fingerprint density at radius 3 is 1.33 bits per heavy atom. The third-order valence-corrected chi connectivity index (χ3v) is 21.0. The van der Waals surface area contributed by atoms with E-state index in [1.807, 2.05) is 0 Å². The molecule has 5 aliphatic heterocycles. The number of carbonyl (C=O) groups is 13. The van der Waals surface area contributed by atoms with E-state index in [1.165, 1.54) is 104 Å². The number of hydrogen-bond donors (Lipinski definition) is 7. The number of anilines is 3. The van der Waals surface area contributed by atoms with Crippen molar-refractivity contribution in [2.45, 2.75) is 61.9 Å². The number of nitrogens with two attached hydrogens (primary N) is 4. The molecule has 3 aromatic heterocycles. The number of thioether (sulfide) groups is 4. The molecule has 5 aliphatic rings. The molecule has 0 bridgehead atoms. The Bertz CT molecular complexity index is 3800. The number of carbonyl (C=O) groups excluding carboxylic acids is 13. The van der Waals surface area contributed by atoms with E-state index in [1.54, 1.807) is 0 Å². The van der Waals surface area contributed by atoms with Crippen molar-refractivity contribution in [3.05, 3.63) is 43.7 Å². The van der Waals surface area contributed by atoms with E-state index in [9.17, 15) is 75.3 Å². The number of Topliss-reactive ketones (excluding diaryl/α,β-unsaturated/α-hetero) is 2. The van der Waals surface area contributed by atoms with Crippen LogP contribution in [0, 0.1) is 11.8 Å². The number of nitrogens with zero attached hydrogens (tertiary/aromatic N) is 11. The molecule has 5 fully saturated rings. The van der Waals surface area contributed by atoms with E-state index in [0.717, 1.165) is 45.8 Å².